The molecule has 0 atom stereocenters. The Labute approximate surface area is 78.1 Å². The standard InChI is InChI=1S/C3H8O4S.Na.H/c1-2-7-3-8(4,5)6;;/h2-3H2,1H3,(H,4,5,6);;/q;+1;-1. The third-order valence-electron chi connectivity index (χ3n) is 0.436. The summed E-state index contributed by atoms with van der Waals surface area (Å²) in [6.45, 7) is 1.94. The largest absolute Gasteiger partial charge is 1.00 e. The Kier molecular flexibility index (Phi) is 7.86. The van der Waals surface area contributed by atoms with Crippen LogP contribution in [-0.4, -0.2) is 25.5 Å². The molecule has 0 saturated carbocycles. The fraction of sp³-hybridized carbons (Fsp3) is 1.00. The third-order valence-corrected chi connectivity index (χ3v) is 0.901. The molecule has 9 heavy (non-hydrogen) atoms. The van der Waals surface area contributed by atoms with Crippen molar-refractivity contribution in [3.05, 3.63) is 0 Å². The summed E-state index contributed by atoms with van der Waals surface area (Å²) in [6.07, 6.45) is 0. The zero-order chi connectivity index (χ0) is 6.62. The molecule has 0 radical (unpaired) electrons. The summed E-state index contributed by atoms with van der Waals surface area (Å²) >= 11 is 0. The van der Waals surface area contributed by atoms with Crippen LogP contribution in [0.1, 0.15) is 8.35 Å². The molecule has 0 bridgehead atoms. The summed E-state index contributed by atoms with van der Waals surface area (Å²) < 4.78 is 32.0. The molecule has 52 valence electrons. The molecular formula is C3H9NaO4S. The van der Waals surface area contributed by atoms with Gasteiger partial charge in [0.15, 0.2) is 5.94 Å². The van der Waals surface area contributed by atoms with Gasteiger partial charge in [-0.25, -0.2) is 0 Å². The van der Waals surface area contributed by atoms with Crippen LogP contribution >= 0.6 is 0 Å². The first-order valence-corrected chi connectivity index (χ1v) is 3.70. The Bertz CT molecular complexity index is 145. The van der Waals surface area contributed by atoms with E-state index in [1.807, 2.05) is 0 Å². The Morgan fingerprint density at radius 3 is 2.22 bits per heavy atom. The molecule has 0 unspecified atom stereocenters. The Morgan fingerprint density at radius 2 is 2.11 bits per heavy atom. The first-order valence-electron chi connectivity index (χ1n) is 2.09. The molecule has 0 aliphatic carbocycles. The first kappa shape index (κ1) is 12.5. The first-order chi connectivity index (χ1) is 3.56. The van der Waals surface area contributed by atoms with Gasteiger partial charge < -0.3 is 6.16 Å². The van der Waals surface area contributed by atoms with Gasteiger partial charge in [0, 0.05) is 6.61 Å². The average Bonchev–Trinajstić information content (AvgIpc) is 1.59. The minimum Gasteiger partial charge on any atom is -1.00 e. The molecule has 0 rings (SSSR count). The number of hydrogen-bond acceptors (Lipinski definition) is 3. The SMILES string of the molecule is CCOCS(=O)(=O)O.[H-].[Na+]. The van der Waals surface area contributed by atoms with E-state index in [4.69, 9.17) is 4.55 Å². The van der Waals surface area contributed by atoms with Crippen LogP contribution in [0.4, 0.5) is 0 Å². The maximum atomic E-state index is 9.82. The van der Waals surface area contributed by atoms with Gasteiger partial charge in [0.1, 0.15) is 0 Å². The number of rotatable bonds is 3. The van der Waals surface area contributed by atoms with E-state index >= 15 is 0 Å². The Hall–Kier alpha value is 0.870. The van der Waals surface area contributed by atoms with Gasteiger partial charge in [0.2, 0.25) is 0 Å². The van der Waals surface area contributed by atoms with Crippen molar-refractivity contribution in [3.63, 3.8) is 0 Å². The van der Waals surface area contributed by atoms with Crippen LogP contribution in [-0.2, 0) is 14.9 Å². The summed E-state index contributed by atoms with van der Waals surface area (Å²) in [5, 5.41) is 0. The van der Waals surface area contributed by atoms with Gasteiger partial charge in [-0.3, -0.25) is 4.55 Å². The number of ether oxygens (including phenoxy) is 1. The van der Waals surface area contributed by atoms with Crippen molar-refractivity contribution in [1.29, 1.82) is 0 Å². The summed E-state index contributed by atoms with van der Waals surface area (Å²) in [5.74, 6) is -0.608. The topological polar surface area (TPSA) is 63.6 Å². The zero-order valence-corrected chi connectivity index (χ0v) is 8.31. The van der Waals surface area contributed by atoms with E-state index in [2.05, 4.69) is 4.74 Å². The molecule has 0 saturated heterocycles. The Balaban J connectivity index is -0.000000245. The number of hydrogen-bond donors (Lipinski definition) is 1. The van der Waals surface area contributed by atoms with Crippen molar-refractivity contribution in [2.45, 2.75) is 6.92 Å². The molecule has 0 aromatic heterocycles. The van der Waals surface area contributed by atoms with E-state index in [0.29, 0.717) is 6.61 Å². The van der Waals surface area contributed by atoms with E-state index < -0.39 is 16.1 Å². The van der Waals surface area contributed by atoms with Gasteiger partial charge in [0.25, 0.3) is 10.1 Å². The molecule has 0 fully saturated rings. The van der Waals surface area contributed by atoms with Crippen LogP contribution in [0.25, 0.3) is 0 Å². The van der Waals surface area contributed by atoms with Crippen LogP contribution in [0, 0.1) is 0 Å². The molecule has 0 aromatic carbocycles. The molecule has 0 aliphatic rings. The van der Waals surface area contributed by atoms with Crippen LogP contribution in [0.2, 0.25) is 0 Å². The van der Waals surface area contributed by atoms with Gasteiger partial charge in [-0.1, -0.05) is 0 Å². The van der Waals surface area contributed by atoms with Crippen molar-refractivity contribution in [1.82, 2.24) is 0 Å². The zero-order valence-electron chi connectivity index (χ0n) is 6.49. The van der Waals surface area contributed by atoms with Gasteiger partial charge in [0.05, 0.1) is 0 Å². The summed E-state index contributed by atoms with van der Waals surface area (Å²) in [4.78, 5) is 0. The van der Waals surface area contributed by atoms with Crippen LogP contribution in [0.3, 0.4) is 0 Å². The van der Waals surface area contributed by atoms with E-state index in [-0.39, 0.29) is 31.0 Å². The van der Waals surface area contributed by atoms with Crippen molar-refractivity contribution in [2.75, 3.05) is 12.5 Å². The van der Waals surface area contributed by atoms with Gasteiger partial charge in [-0.15, -0.1) is 0 Å². The summed E-state index contributed by atoms with van der Waals surface area (Å²) in [6, 6.07) is 0. The molecule has 0 aliphatic heterocycles. The predicted molar refractivity (Wildman–Crippen MR) is 29.2 cm³/mol. The quantitative estimate of drug-likeness (QED) is 0.356. The minimum absolute atomic E-state index is 0. The van der Waals surface area contributed by atoms with E-state index in [1.165, 1.54) is 0 Å². The molecule has 0 spiro atoms. The fourth-order valence-electron chi connectivity index (χ4n) is 0.189. The molecule has 0 heterocycles. The van der Waals surface area contributed by atoms with Crippen LogP contribution in [0.15, 0.2) is 0 Å². The van der Waals surface area contributed by atoms with Crippen LogP contribution < -0.4 is 29.6 Å². The third kappa shape index (κ3) is 12.1. The van der Waals surface area contributed by atoms with E-state index in [1.54, 1.807) is 6.92 Å². The second-order valence-corrected chi connectivity index (χ2v) is 2.59. The fourth-order valence-corrected chi connectivity index (χ4v) is 0.566. The van der Waals surface area contributed by atoms with Crippen LogP contribution in [0.5, 0.6) is 0 Å². The molecule has 6 heteroatoms. The molecule has 4 nitrogen and oxygen atoms in total. The predicted octanol–water partition coefficient (Wildman–Crippen LogP) is -3.02. The average molecular weight is 164 g/mol. The minimum atomic E-state index is -3.91. The van der Waals surface area contributed by atoms with Crippen molar-refractivity contribution >= 4 is 10.1 Å². The molecule has 1 N–H and O–H groups in total. The Morgan fingerprint density at radius 1 is 1.67 bits per heavy atom. The molecule has 0 amide bonds. The second-order valence-electron chi connectivity index (χ2n) is 1.19. The summed E-state index contributed by atoms with van der Waals surface area (Å²) in [5.41, 5.74) is 0. The van der Waals surface area contributed by atoms with Gasteiger partial charge in [-0.2, -0.15) is 8.42 Å². The smallest absolute Gasteiger partial charge is 1.00 e. The summed E-state index contributed by atoms with van der Waals surface area (Å²) in [7, 11) is -3.91. The maximum absolute atomic E-state index is 9.82. The van der Waals surface area contributed by atoms with Crippen molar-refractivity contribution in [3.8, 4) is 0 Å². The maximum Gasteiger partial charge on any atom is 1.00 e. The van der Waals surface area contributed by atoms with Gasteiger partial charge in [-0.05, 0) is 6.92 Å². The monoisotopic (exact) mass is 164 g/mol. The van der Waals surface area contributed by atoms with Crippen molar-refractivity contribution < 1.29 is 48.7 Å². The van der Waals surface area contributed by atoms with E-state index in [9.17, 15) is 8.42 Å². The van der Waals surface area contributed by atoms with Crippen molar-refractivity contribution in [2.24, 2.45) is 0 Å². The second kappa shape index (κ2) is 5.64. The molecule has 0 aromatic rings. The van der Waals surface area contributed by atoms with E-state index in [0.717, 1.165) is 0 Å². The molecular weight excluding hydrogens is 155 g/mol. The van der Waals surface area contributed by atoms with Gasteiger partial charge >= 0.3 is 29.6 Å². The normalized spacial score (nSPS) is 10.4.